The maximum atomic E-state index is 3.74. The Morgan fingerprint density at radius 3 is 2.06 bits per heavy atom. The molecule has 0 saturated carbocycles. The van der Waals surface area contributed by atoms with Gasteiger partial charge >= 0.3 is 0 Å². The van der Waals surface area contributed by atoms with Crippen molar-refractivity contribution in [2.75, 3.05) is 5.33 Å². The minimum absolute atomic E-state index is 0.339. The zero-order valence-corrected chi connectivity index (χ0v) is 13.5. The molecule has 16 heavy (non-hydrogen) atoms. The van der Waals surface area contributed by atoms with Crippen molar-refractivity contribution in [1.82, 2.24) is 0 Å². The van der Waals surface area contributed by atoms with Crippen LogP contribution >= 0.6 is 15.9 Å². The Labute approximate surface area is 110 Å². The molecule has 0 nitrogen and oxygen atoms in total. The lowest BCUT2D eigenvalue weighted by Gasteiger charge is -2.36. The van der Waals surface area contributed by atoms with Gasteiger partial charge in [0.25, 0.3) is 0 Å². The predicted octanol–water partition coefficient (Wildman–Crippen LogP) is 5.07. The van der Waals surface area contributed by atoms with Crippen LogP contribution in [0, 0.1) is 0 Å². The molecular formula is C14H23BrSi. The van der Waals surface area contributed by atoms with E-state index in [2.05, 4.69) is 72.8 Å². The zero-order chi connectivity index (χ0) is 12.2. The van der Waals surface area contributed by atoms with Crippen LogP contribution in [0.4, 0.5) is 0 Å². The van der Waals surface area contributed by atoms with Crippen LogP contribution in [0.15, 0.2) is 30.3 Å². The van der Waals surface area contributed by atoms with Crippen molar-refractivity contribution < 1.29 is 0 Å². The van der Waals surface area contributed by atoms with Gasteiger partial charge in [0.1, 0.15) is 0 Å². The van der Waals surface area contributed by atoms with E-state index in [9.17, 15) is 0 Å². The van der Waals surface area contributed by atoms with Gasteiger partial charge in [-0.15, -0.1) is 0 Å². The molecule has 0 fully saturated rings. The van der Waals surface area contributed by atoms with Crippen LogP contribution in [0.2, 0.25) is 25.7 Å². The molecule has 0 heterocycles. The van der Waals surface area contributed by atoms with Crippen LogP contribution < -0.4 is 0 Å². The smallest absolute Gasteiger partial charge is 0.0451 e. The highest BCUT2D eigenvalue weighted by Gasteiger charge is 2.34. The lowest BCUT2D eigenvalue weighted by molar-refractivity contribution is 0.512. The first kappa shape index (κ1) is 14.0. The van der Waals surface area contributed by atoms with Crippen LogP contribution in [0.3, 0.4) is 0 Å². The highest BCUT2D eigenvalue weighted by Crippen LogP contribution is 2.38. The summed E-state index contributed by atoms with van der Waals surface area (Å²) in [5.74, 6) is 0. The summed E-state index contributed by atoms with van der Waals surface area (Å²) in [6, 6.07) is 12.3. The Bertz CT molecular complexity index is 309. The van der Waals surface area contributed by atoms with Crippen LogP contribution in [-0.4, -0.2) is 13.4 Å². The Kier molecular flexibility index (Phi) is 4.81. The molecule has 0 aliphatic heterocycles. The summed E-state index contributed by atoms with van der Waals surface area (Å²) >= 11 is 3.74. The highest BCUT2D eigenvalue weighted by atomic mass is 79.9. The number of benzene rings is 1. The van der Waals surface area contributed by atoms with Gasteiger partial charge in [-0.25, -0.2) is 0 Å². The van der Waals surface area contributed by atoms with Gasteiger partial charge in [-0.1, -0.05) is 72.8 Å². The third-order valence-electron chi connectivity index (χ3n) is 3.19. The molecule has 1 unspecified atom stereocenters. The highest BCUT2D eigenvalue weighted by molar-refractivity contribution is 9.09. The second-order valence-electron chi connectivity index (χ2n) is 5.87. The normalized spacial score (nSPS) is 15.8. The summed E-state index contributed by atoms with van der Waals surface area (Å²) in [5, 5.41) is 1.07. The lowest BCUT2D eigenvalue weighted by atomic mass is 9.82. The molecule has 0 amide bonds. The maximum absolute atomic E-state index is 3.74. The first-order valence-electron chi connectivity index (χ1n) is 6.05. The average molecular weight is 299 g/mol. The van der Waals surface area contributed by atoms with E-state index in [1.165, 1.54) is 18.0 Å². The molecule has 0 N–H and O–H groups in total. The van der Waals surface area contributed by atoms with Gasteiger partial charge in [0, 0.05) is 18.8 Å². The molecule has 0 radical (unpaired) electrons. The largest absolute Gasteiger partial charge is 0.0919 e. The quantitative estimate of drug-likeness (QED) is 0.526. The predicted molar refractivity (Wildman–Crippen MR) is 80.4 cm³/mol. The SMILES string of the molecule is CCC(CBr)(C[Si](C)(C)C)c1ccccc1. The van der Waals surface area contributed by atoms with Gasteiger partial charge in [-0.3, -0.25) is 0 Å². The van der Waals surface area contributed by atoms with Crippen molar-refractivity contribution in [3.8, 4) is 0 Å². The minimum Gasteiger partial charge on any atom is -0.0919 e. The van der Waals surface area contributed by atoms with Crippen molar-refractivity contribution in [3.05, 3.63) is 35.9 Å². The molecule has 1 aromatic carbocycles. The van der Waals surface area contributed by atoms with Crippen molar-refractivity contribution in [2.45, 2.75) is 44.4 Å². The first-order valence-corrected chi connectivity index (χ1v) is 10.9. The molecule has 0 spiro atoms. The van der Waals surface area contributed by atoms with E-state index in [0.717, 1.165) is 5.33 Å². The van der Waals surface area contributed by atoms with E-state index in [-0.39, 0.29) is 0 Å². The first-order chi connectivity index (χ1) is 7.43. The monoisotopic (exact) mass is 298 g/mol. The van der Waals surface area contributed by atoms with Crippen LogP contribution in [0.1, 0.15) is 18.9 Å². The Morgan fingerprint density at radius 2 is 1.69 bits per heavy atom. The second-order valence-corrected chi connectivity index (χ2v) is 11.9. The second kappa shape index (κ2) is 5.50. The van der Waals surface area contributed by atoms with E-state index < -0.39 is 8.07 Å². The number of hydrogen-bond acceptors (Lipinski definition) is 0. The minimum atomic E-state index is -1.05. The van der Waals surface area contributed by atoms with Gasteiger partial charge in [0.2, 0.25) is 0 Å². The molecule has 2 heteroatoms. The van der Waals surface area contributed by atoms with Crippen LogP contribution in [-0.2, 0) is 5.41 Å². The molecule has 0 bridgehead atoms. The summed E-state index contributed by atoms with van der Waals surface area (Å²) in [4.78, 5) is 0. The standard InChI is InChI=1S/C14H23BrSi/c1-5-14(11-15,12-16(2,3)4)13-9-7-6-8-10-13/h6-10H,5,11-12H2,1-4H3. The fourth-order valence-corrected chi connectivity index (χ4v) is 6.35. The van der Waals surface area contributed by atoms with Gasteiger partial charge in [-0.05, 0) is 18.0 Å². The molecule has 1 atom stereocenters. The number of hydrogen-bond donors (Lipinski definition) is 0. The Hall–Kier alpha value is -0.0831. The number of halogens is 1. The molecule has 0 saturated heterocycles. The van der Waals surface area contributed by atoms with Crippen molar-refractivity contribution in [3.63, 3.8) is 0 Å². The van der Waals surface area contributed by atoms with Crippen molar-refractivity contribution >= 4 is 24.0 Å². The van der Waals surface area contributed by atoms with E-state index in [1.807, 2.05) is 0 Å². The van der Waals surface area contributed by atoms with Crippen molar-refractivity contribution in [1.29, 1.82) is 0 Å². The van der Waals surface area contributed by atoms with Crippen LogP contribution in [0.25, 0.3) is 0 Å². The fraction of sp³-hybridized carbons (Fsp3) is 0.571. The summed E-state index contributed by atoms with van der Waals surface area (Å²) < 4.78 is 0. The van der Waals surface area contributed by atoms with Gasteiger partial charge in [0.05, 0.1) is 0 Å². The molecule has 1 rings (SSSR count). The van der Waals surface area contributed by atoms with E-state index >= 15 is 0 Å². The van der Waals surface area contributed by atoms with E-state index in [0.29, 0.717) is 5.41 Å². The number of rotatable bonds is 5. The molecule has 1 aromatic rings. The number of alkyl halides is 1. The van der Waals surface area contributed by atoms with Crippen LogP contribution in [0.5, 0.6) is 0 Å². The molecule has 0 aromatic heterocycles. The summed E-state index contributed by atoms with van der Waals surface area (Å²) in [6.07, 6.45) is 1.21. The Balaban J connectivity index is 3.06. The van der Waals surface area contributed by atoms with Gasteiger partial charge in [-0.2, -0.15) is 0 Å². The summed E-state index contributed by atoms with van der Waals surface area (Å²) in [7, 11) is -1.05. The van der Waals surface area contributed by atoms with E-state index in [4.69, 9.17) is 0 Å². The topological polar surface area (TPSA) is 0 Å². The van der Waals surface area contributed by atoms with Gasteiger partial charge in [0.15, 0.2) is 0 Å². The molecule has 90 valence electrons. The van der Waals surface area contributed by atoms with E-state index in [1.54, 1.807) is 0 Å². The summed E-state index contributed by atoms with van der Waals surface area (Å²) in [6.45, 7) is 9.70. The molecular weight excluding hydrogens is 276 g/mol. The van der Waals surface area contributed by atoms with Gasteiger partial charge < -0.3 is 0 Å². The third kappa shape index (κ3) is 3.46. The maximum Gasteiger partial charge on any atom is 0.0451 e. The Morgan fingerprint density at radius 1 is 1.12 bits per heavy atom. The molecule has 0 aliphatic rings. The summed E-state index contributed by atoms with van der Waals surface area (Å²) in [5.41, 5.74) is 1.84. The third-order valence-corrected chi connectivity index (χ3v) is 6.00. The fourth-order valence-electron chi connectivity index (χ4n) is 2.46. The van der Waals surface area contributed by atoms with Crippen molar-refractivity contribution in [2.24, 2.45) is 0 Å². The lowest BCUT2D eigenvalue weighted by Crippen LogP contribution is -2.37. The average Bonchev–Trinajstić information content (AvgIpc) is 2.26. The molecule has 0 aliphatic carbocycles. The zero-order valence-electron chi connectivity index (χ0n) is 10.9.